The molecule has 36 heteroatoms. The van der Waals surface area contributed by atoms with Crippen LogP contribution in [0.3, 0.4) is 0 Å². The van der Waals surface area contributed by atoms with Crippen LogP contribution in [0.25, 0.3) is 22.3 Å². The number of rotatable bonds is 43. The van der Waals surface area contributed by atoms with Gasteiger partial charge in [0, 0.05) is 192 Å². The molecule has 16 rings (SSSR count). The summed E-state index contributed by atoms with van der Waals surface area (Å²) in [5.74, 6) is 4.05. The number of nitrogens with zero attached hydrogens (tertiary/aromatic N) is 4. The molecular formula is C107H110N4Na4O15S13. The monoisotopic (exact) mass is 2200 g/mol. The standard InChI is InChI=1S/C28H31NO4S3.C27H29NO4S3.C27H29NO3S4.C25H25NO4S3.4Na/c1-34-28(35-19-9-17-33-18-10-20-36(30,31)32)27-23-13-5-7-15-25(23)29(21-22-11-3-2-4-12-22)26-16-8-6-14-24(26)27;1-33-27(34-19-9-17-32-18-10-20-35(29,30)31)26-22-13-5-7-15-24(22)28(21-11-3-2-4-12-21)25-16-8-6-14-23(25)26;1-32-27(34-19-9-17-33-18-10-20-35(29,30)31)26-22-13-5-7-15-24(22)28(21-11-3-2-4-12-21)25-16-8-6-14-23(25)26;1-31-25(32-17-9-16-30-33(27,28)29)24-20-12-5-7-14-22(20)26(18-19-10-3-2-4-11-19)23-15-8-6-13-21(23)24;;;;/h2-8,11-16H,9-10,17-21H2,1H3,(H,30,31,32);2*2-8,11-16H,9-10,17-20H2,1H3,(H,29,30,31);2-8,10-15H,9,16-18H2,1H3,(H,27,28,29);;;;/q;;;;4*+1/p-4. The van der Waals surface area contributed by atoms with Gasteiger partial charge >= 0.3 is 118 Å². The van der Waals surface area contributed by atoms with E-state index in [0.29, 0.717) is 50.8 Å². The quantitative estimate of drug-likeness (QED) is 0.0149. The number of hydrogen-bond donors (Lipinski definition) is 0. The van der Waals surface area contributed by atoms with Crippen molar-refractivity contribution in [2.45, 2.75) is 58.0 Å². The van der Waals surface area contributed by atoms with Crippen LogP contribution in [0.15, 0.2) is 332 Å². The smallest absolute Gasteiger partial charge is 0.748 e. The fourth-order valence-corrected chi connectivity index (χ4v) is 27.3. The maximum Gasteiger partial charge on any atom is 1.00 e. The largest absolute Gasteiger partial charge is 1.00 e. The molecule has 4 heterocycles. The third-order valence-electron chi connectivity index (χ3n) is 22.3. The second kappa shape index (κ2) is 62.5. The molecule has 0 fully saturated rings. The van der Waals surface area contributed by atoms with Gasteiger partial charge in [0.15, 0.2) is 0 Å². The molecule has 0 saturated heterocycles. The van der Waals surface area contributed by atoms with Crippen molar-refractivity contribution in [1.29, 1.82) is 0 Å². The Labute approximate surface area is 972 Å². The van der Waals surface area contributed by atoms with Crippen LogP contribution in [0.1, 0.15) is 101 Å². The molecule has 0 unspecified atom stereocenters. The van der Waals surface area contributed by atoms with E-state index in [2.05, 4.69) is 340 Å². The van der Waals surface area contributed by atoms with Crippen molar-refractivity contribution in [1.82, 2.24) is 0 Å². The van der Waals surface area contributed by atoms with Crippen molar-refractivity contribution in [2.75, 3.05) is 129 Å². The average molecular weight is 2200 g/mol. The molecule has 4 aliphatic rings. The third kappa shape index (κ3) is 36.1. The molecule has 0 spiro atoms. The minimum absolute atomic E-state index is 0. The van der Waals surface area contributed by atoms with Gasteiger partial charge in [0.2, 0.25) is 10.4 Å². The summed E-state index contributed by atoms with van der Waals surface area (Å²) < 4.78 is 149. The van der Waals surface area contributed by atoms with Gasteiger partial charge in [-0.15, -0.1) is 94.1 Å². The first kappa shape index (κ1) is 122. The van der Waals surface area contributed by atoms with Crippen molar-refractivity contribution in [3.8, 4) is 0 Å². The summed E-state index contributed by atoms with van der Waals surface area (Å²) in [6.07, 6.45) is 12.5. The Kier molecular flexibility index (Phi) is 53.3. The van der Waals surface area contributed by atoms with E-state index in [4.69, 9.17) is 9.47 Å². The van der Waals surface area contributed by atoms with Crippen LogP contribution in [-0.2, 0) is 67.5 Å². The average Bonchev–Trinajstić information content (AvgIpc) is 0.749. The molecule has 12 aromatic rings. The van der Waals surface area contributed by atoms with Crippen LogP contribution in [0.5, 0.6) is 0 Å². The summed E-state index contributed by atoms with van der Waals surface area (Å²) in [6.45, 7) is 3.13. The van der Waals surface area contributed by atoms with Gasteiger partial charge in [-0.3, -0.25) is 4.18 Å². The van der Waals surface area contributed by atoms with E-state index in [-0.39, 0.29) is 155 Å². The topological polar surface area (TPSA) is 269 Å². The van der Waals surface area contributed by atoms with E-state index in [9.17, 15) is 51.9 Å². The predicted octanol–water partition coefficient (Wildman–Crippen LogP) is 14.5. The van der Waals surface area contributed by atoms with Crippen molar-refractivity contribution < 1.29 is 184 Å². The summed E-state index contributed by atoms with van der Waals surface area (Å²) in [5, 5.41) is 0. The number of para-hydroxylation sites is 10. The Hall–Kier alpha value is -4.53. The molecule has 0 radical (unpaired) electrons. The van der Waals surface area contributed by atoms with Gasteiger partial charge in [0.1, 0.15) is 0 Å². The normalized spacial score (nSPS) is 12.5. The number of anilines is 10. The van der Waals surface area contributed by atoms with E-state index in [0.717, 1.165) is 93.7 Å². The molecule has 0 N–H and O–H groups in total. The van der Waals surface area contributed by atoms with Gasteiger partial charge in [-0.2, -0.15) is 11.8 Å². The van der Waals surface area contributed by atoms with E-state index in [1.165, 1.54) is 113 Å². The van der Waals surface area contributed by atoms with Gasteiger partial charge in [0.05, 0.1) is 59.7 Å². The summed E-state index contributed by atoms with van der Waals surface area (Å²) in [6, 6.07) is 110. The first-order valence-electron chi connectivity index (χ1n) is 45.3. The zero-order chi connectivity index (χ0) is 98.0. The maximum atomic E-state index is 10.7. The van der Waals surface area contributed by atoms with Crippen LogP contribution < -0.4 is 138 Å². The molecule has 0 aromatic heterocycles. The van der Waals surface area contributed by atoms with Crippen molar-refractivity contribution >= 4 is 226 Å². The van der Waals surface area contributed by atoms with Crippen LogP contribution in [-0.4, -0.2) is 162 Å². The molecule has 143 heavy (non-hydrogen) atoms. The molecule has 4 aliphatic heterocycles. The van der Waals surface area contributed by atoms with E-state index in [1.54, 1.807) is 70.6 Å². The van der Waals surface area contributed by atoms with Gasteiger partial charge in [-0.05, 0) is 171 Å². The van der Waals surface area contributed by atoms with Crippen LogP contribution in [0, 0.1) is 0 Å². The van der Waals surface area contributed by atoms with E-state index < -0.39 is 40.8 Å². The van der Waals surface area contributed by atoms with Crippen LogP contribution >= 0.6 is 106 Å². The summed E-state index contributed by atoms with van der Waals surface area (Å²) >= 11 is 15.9. The molecule has 0 amide bonds. The van der Waals surface area contributed by atoms with Crippen molar-refractivity contribution in [3.63, 3.8) is 0 Å². The van der Waals surface area contributed by atoms with Gasteiger partial charge in [-0.25, -0.2) is 33.7 Å². The second-order valence-corrected chi connectivity index (χ2v) is 47.4. The molecule has 730 valence electrons. The number of ether oxygens (including phenoxy) is 2. The fraction of sp³-hybridized carbons (Fsp3) is 0.252. The predicted molar refractivity (Wildman–Crippen MR) is 591 cm³/mol. The maximum absolute atomic E-state index is 10.7. The first-order valence-corrected chi connectivity index (χ1v) is 61.4. The number of thioether (sulfide) groups is 9. The van der Waals surface area contributed by atoms with E-state index >= 15 is 0 Å². The second-order valence-electron chi connectivity index (χ2n) is 31.8. The number of benzene rings is 12. The molecule has 0 bridgehead atoms. The van der Waals surface area contributed by atoms with Gasteiger partial charge in [0.25, 0.3) is 0 Å². The Balaban J connectivity index is 0.000000211. The van der Waals surface area contributed by atoms with Crippen molar-refractivity contribution in [3.05, 3.63) is 388 Å². The van der Waals surface area contributed by atoms with Gasteiger partial charge < -0.3 is 47.3 Å². The molecule has 12 aromatic carbocycles. The van der Waals surface area contributed by atoms with Gasteiger partial charge in [-0.1, -0.05) is 243 Å². The summed E-state index contributed by atoms with van der Waals surface area (Å²) in [7, 11) is -17.1. The third-order valence-corrected chi connectivity index (χ3v) is 35.8. The molecule has 0 saturated carbocycles. The van der Waals surface area contributed by atoms with Crippen molar-refractivity contribution in [2.24, 2.45) is 0 Å². The Morgan fingerprint density at radius 2 is 0.483 bits per heavy atom. The SMILES string of the molecule is CSC(SCCCOCCCS(=O)(=O)[O-])=C1c2ccccc2N(Cc2ccccc2)c2ccccc21.CSC(SCCCOCCCS(=O)(=O)[O-])=C1c2ccccc2N(c2ccccc2)c2ccccc21.CSC(SCCCOS(=O)(=O)[O-])=C1c2ccccc2N(Cc2ccccc2)c2ccccc21.CSC(SCCCSCCCS(=O)(=O)[O-])=C1c2ccccc2N(c2ccccc2)c2ccccc21.[Na+].[Na+].[Na+].[Na+]. The summed E-state index contributed by atoms with van der Waals surface area (Å²) in [5.41, 5.74) is 28.9. The molecule has 19 nitrogen and oxygen atoms in total. The number of fused-ring (bicyclic) bond motifs is 8. The zero-order valence-corrected chi connectivity index (χ0v) is 100. The Morgan fingerprint density at radius 1 is 0.259 bits per heavy atom. The number of hydrogen-bond acceptors (Lipinski definition) is 28. The van der Waals surface area contributed by atoms with E-state index in [1.807, 2.05) is 59.6 Å². The zero-order valence-electron chi connectivity index (χ0n) is 81.5. The molecule has 0 aliphatic carbocycles. The van der Waals surface area contributed by atoms with Crippen LogP contribution in [0.4, 0.5) is 56.9 Å². The summed E-state index contributed by atoms with van der Waals surface area (Å²) in [4.78, 5) is 9.43. The van der Waals surface area contributed by atoms with Crippen LogP contribution in [0.2, 0.25) is 0 Å². The minimum atomic E-state index is -4.64. The Morgan fingerprint density at radius 3 is 0.755 bits per heavy atom. The Bertz CT molecular complexity index is 6320. The molecular weight excluding hydrogens is 2090 g/mol. The minimum Gasteiger partial charge on any atom is -0.748 e. The first-order chi connectivity index (χ1) is 67.4. The fourth-order valence-electron chi connectivity index (χ4n) is 16.4. The molecule has 0 atom stereocenters.